The van der Waals surface area contributed by atoms with Crippen LogP contribution in [0.5, 0.6) is 0 Å². The van der Waals surface area contributed by atoms with Crippen LogP contribution < -0.4 is 5.73 Å². The van der Waals surface area contributed by atoms with Crippen LogP contribution >= 0.6 is 0 Å². The molecule has 2 atom stereocenters. The van der Waals surface area contributed by atoms with Gasteiger partial charge in [0.25, 0.3) is 0 Å². The largest absolute Gasteiger partial charge is 0.477 e. The monoisotopic (exact) mass is 240 g/mol. The molecule has 0 aliphatic rings. The van der Waals surface area contributed by atoms with E-state index in [4.69, 9.17) is 10.8 Å². The van der Waals surface area contributed by atoms with Crippen molar-refractivity contribution in [3.05, 3.63) is 29.6 Å². The maximum atomic E-state index is 10.6. The standard InChI is InChI=1S/C10H12N2O5/c11-8(14)4-7(13)9(15)5-1-2-12-6(3-5)10(16)17/h1-3,7,9,13,15H,4H2,(H2,11,14)(H,16,17). The average molecular weight is 240 g/mol. The van der Waals surface area contributed by atoms with Crippen LogP contribution in [0.1, 0.15) is 28.6 Å². The first-order valence-corrected chi connectivity index (χ1v) is 4.75. The Labute approximate surface area is 96.5 Å². The van der Waals surface area contributed by atoms with E-state index in [2.05, 4.69) is 4.98 Å². The van der Waals surface area contributed by atoms with E-state index < -0.39 is 30.5 Å². The average Bonchev–Trinajstić information content (AvgIpc) is 2.27. The van der Waals surface area contributed by atoms with E-state index in [1.165, 1.54) is 12.3 Å². The molecule has 7 nitrogen and oxygen atoms in total. The lowest BCUT2D eigenvalue weighted by molar-refractivity contribution is -0.121. The van der Waals surface area contributed by atoms with Crippen LogP contribution in [0.2, 0.25) is 0 Å². The second-order valence-corrected chi connectivity index (χ2v) is 3.46. The number of nitrogens with zero attached hydrogens (tertiary/aromatic N) is 1. The number of carbonyl (C=O) groups excluding carboxylic acids is 1. The molecule has 5 N–H and O–H groups in total. The summed E-state index contributed by atoms with van der Waals surface area (Å²) in [5.41, 5.74) is 4.77. The summed E-state index contributed by atoms with van der Waals surface area (Å²) in [5.74, 6) is -2.01. The minimum Gasteiger partial charge on any atom is -0.477 e. The summed E-state index contributed by atoms with van der Waals surface area (Å²) >= 11 is 0. The van der Waals surface area contributed by atoms with E-state index in [0.717, 1.165) is 6.07 Å². The number of primary amides is 1. The number of hydrogen-bond donors (Lipinski definition) is 4. The number of carboxylic acid groups (broad SMARTS) is 1. The molecule has 0 aliphatic heterocycles. The predicted octanol–water partition coefficient (Wildman–Crippen LogP) is -0.951. The number of pyridine rings is 1. The minimum absolute atomic E-state index is 0.158. The molecule has 1 rings (SSSR count). The molecule has 0 fully saturated rings. The molecule has 1 aromatic heterocycles. The third kappa shape index (κ3) is 3.51. The summed E-state index contributed by atoms with van der Waals surface area (Å²) in [5, 5.41) is 27.8. The van der Waals surface area contributed by atoms with E-state index in [1.54, 1.807) is 0 Å². The topological polar surface area (TPSA) is 134 Å². The zero-order chi connectivity index (χ0) is 13.0. The molecule has 0 radical (unpaired) electrons. The van der Waals surface area contributed by atoms with Crippen molar-refractivity contribution in [3.63, 3.8) is 0 Å². The summed E-state index contributed by atoms with van der Waals surface area (Å²) < 4.78 is 0. The normalized spacial score (nSPS) is 14.0. The summed E-state index contributed by atoms with van der Waals surface area (Å²) in [7, 11) is 0. The molecule has 92 valence electrons. The maximum Gasteiger partial charge on any atom is 0.354 e. The smallest absolute Gasteiger partial charge is 0.354 e. The van der Waals surface area contributed by atoms with E-state index >= 15 is 0 Å². The van der Waals surface area contributed by atoms with Crippen molar-refractivity contribution in [2.24, 2.45) is 5.73 Å². The lowest BCUT2D eigenvalue weighted by Gasteiger charge is -2.16. The Morgan fingerprint density at radius 1 is 1.41 bits per heavy atom. The molecule has 0 saturated carbocycles. The number of aromatic nitrogens is 1. The van der Waals surface area contributed by atoms with Gasteiger partial charge in [0.2, 0.25) is 5.91 Å². The summed E-state index contributed by atoms with van der Waals surface area (Å²) in [6.45, 7) is 0. The minimum atomic E-state index is -1.39. The molecular formula is C10H12N2O5. The Morgan fingerprint density at radius 2 is 2.06 bits per heavy atom. The molecule has 0 saturated heterocycles. The van der Waals surface area contributed by atoms with Crippen molar-refractivity contribution in [1.29, 1.82) is 0 Å². The molecule has 17 heavy (non-hydrogen) atoms. The molecule has 2 unspecified atom stereocenters. The van der Waals surface area contributed by atoms with Crippen molar-refractivity contribution >= 4 is 11.9 Å². The Bertz CT molecular complexity index is 434. The first kappa shape index (κ1) is 13.1. The fraction of sp³-hybridized carbons (Fsp3) is 0.300. The Kier molecular flexibility index (Phi) is 4.13. The zero-order valence-corrected chi connectivity index (χ0v) is 8.78. The van der Waals surface area contributed by atoms with Crippen LogP contribution in [-0.4, -0.2) is 38.3 Å². The molecular weight excluding hydrogens is 228 g/mol. The fourth-order valence-electron chi connectivity index (χ4n) is 1.29. The number of rotatable bonds is 5. The molecule has 0 spiro atoms. The van der Waals surface area contributed by atoms with Gasteiger partial charge in [0.1, 0.15) is 11.8 Å². The third-order valence-corrected chi connectivity index (χ3v) is 2.12. The highest BCUT2D eigenvalue weighted by Crippen LogP contribution is 2.19. The first-order valence-electron chi connectivity index (χ1n) is 4.75. The molecule has 0 aliphatic carbocycles. The highest BCUT2D eigenvalue weighted by atomic mass is 16.4. The number of nitrogens with two attached hydrogens (primary N) is 1. The van der Waals surface area contributed by atoms with E-state index in [0.29, 0.717) is 0 Å². The van der Waals surface area contributed by atoms with Gasteiger partial charge in [0, 0.05) is 6.20 Å². The van der Waals surface area contributed by atoms with E-state index in [1.807, 2.05) is 0 Å². The van der Waals surface area contributed by atoms with Crippen molar-refractivity contribution in [2.75, 3.05) is 0 Å². The van der Waals surface area contributed by atoms with Gasteiger partial charge in [-0.3, -0.25) is 4.79 Å². The Hall–Kier alpha value is -1.99. The lowest BCUT2D eigenvalue weighted by Crippen LogP contribution is -2.25. The summed E-state index contributed by atoms with van der Waals surface area (Å²) in [4.78, 5) is 24.8. The van der Waals surface area contributed by atoms with Crippen molar-refractivity contribution in [3.8, 4) is 0 Å². The van der Waals surface area contributed by atoms with Crippen molar-refractivity contribution in [2.45, 2.75) is 18.6 Å². The van der Waals surface area contributed by atoms with Gasteiger partial charge >= 0.3 is 5.97 Å². The highest BCUT2D eigenvalue weighted by Gasteiger charge is 2.21. The first-order chi connectivity index (χ1) is 7.91. The van der Waals surface area contributed by atoms with Gasteiger partial charge < -0.3 is 21.1 Å². The van der Waals surface area contributed by atoms with Crippen LogP contribution in [0.15, 0.2) is 18.3 Å². The number of aliphatic hydroxyl groups excluding tert-OH is 2. The van der Waals surface area contributed by atoms with Gasteiger partial charge in [-0.25, -0.2) is 9.78 Å². The quantitative estimate of drug-likeness (QED) is 0.524. The highest BCUT2D eigenvalue weighted by molar-refractivity contribution is 5.85. The SMILES string of the molecule is NC(=O)CC(O)C(O)c1ccnc(C(=O)O)c1. The molecule has 1 aromatic rings. The van der Waals surface area contributed by atoms with Gasteiger partial charge in [0.05, 0.1) is 12.5 Å². The molecule has 1 heterocycles. The number of aliphatic hydroxyl groups is 2. The number of hydrogen-bond acceptors (Lipinski definition) is 5. The van der Waals surface area contributed by atoms with Gasteiger partial charge in [-0.1, -0.05) is 0 Å². The van der Waals surface area contributed by atoms with E-state index in [-0.39, 0.29) is 11.3 Å². The van der Waals surface area contributed by atoms with Crippen LogP contribution in [0.25, 0.3) is 0 Å². The maximum absolute atomic E-state index is 10.6. The molecule has 0 aromatic carbocycles. The van der Waals surface area contributed by atoms with Crippen LogP contribution in [-0.2, 0) is 4.79 Å². The summed E-state index contributed by atoms with van der Waals surface area (Å²) in [6.07, 6.45) is -1.98. The summed E-state index contributed by atoms with van der Waals surface area (Å²) in [6, 6.07) is 2.47. The van der Waals surface area contributed by atoms with Gasteiger partial charge in [-0.2, -0.15) is 0 Å². The Balaban J connectivity index is 2.88. The second-order valence-electron chi connectivity index (χ2n) is 3.46. The van der Waals surface area contributed by atoms with Crippen LogP contribution in [0.3, 0.4) is 0 Å². The molecule has 1 amide bonds. The fourth-order valence-corrected chi connectivity index (χ4v) is 1.29. The number of amides is 1. The molecule has 0 bridgehead atoms. The zero-order valence-electron chi connectivity index (χ0n) is 8.78. The van der Waals surface area contributed by atoms with Gasteiger partial charge in [0.15, 0.2) is 0 Å². The number of carbonyl (C=O) groups is 2. The Morgan fingerprint density at radius 3 is 2.59 bits per heavy atom. The third-order valence-electron chi connectivity index (χ3n) is 2.12. The second kappa shape index (κ2) is 5.37. The molecule has 7 heteroatoms. The van der Waals surface area contributed by atoms with E-state index in [9.17, 15) is 19.8 Å². The van der Waals surface area contributed by atoms with Crippen LogP contribution in [0.4, 0.5) is 0 Å². The van der Waals surface area contributed by atoms with Gasteiger partial charge in [-0.05, 0) is 17.7 Å². The lowest BCUT2D eigenvalue weighted by atomic mass is 10.0. The van der Waals surface area contributed by atoms with Crippen molar-refractivity contribution < 1.29 is 24.9 Å². The van der Waals surface area contributed by atoms with Gasteiger partial charge in [-0.15, -0.1) is 0 Å². The predicted molar refractivity (Wildman–Crippen MR) is 56.0 cm³/mol. The number of aromatic carboxylic acids is 1. The number of carboxylic acids is 1. The van der Waals surface area contributed by atoms with Crippen LogP contribution in [0, 0.1) is 0 Å². The van der Waals surface area contributed by atoms with Crippen molar-refractivity contribution in [1.82, 2.24) is 4.98 Å².